The highest BCUT2D eigenvalue weighted by Gasteiger charge is 2.41. The Balaban J connectivity index is 1.77. The maximum Gasteiger partial charge on any atom is 0.422 e. The molecule has 1 aliphatic carbocycles. The van der Waals surface area contributed by atoms with E-state index in [1.807, 2.05) is 0 Å². The number of nitrogens with one attached hydrogen (secondary N) is 1. The summed E-state index contributed by atoms with van der Waals surface area (Å²) in [6, 6.07) is 2.81. The molecule has 0 unspecified atom stereocenters. The number of halogens is 3. The van der Waals surface area contributed by atoms with Crippen molar-refractivity contribution in [1.29, 1.82) is 0 Å². The van der Waals surface area contributed by atoms with Crippen molar-refractivity contribution in [2.75, 3.05) is 30.3 Å². The van der Waals surface area contributed by atoms with Gasteiger partial charge in [0.25, 0.3) is 0 Å². The van der Waals surface area contributed by atoms with Gasteiger partial charge in [-0.3, -0.25) is 0 Å². The number of ether oxygens (including phenoxy) is 2. The average Bonchev–Trinajstić information content (AvgIpc) is 2.61. The lowest BCUT2D eigenvalue weighted by Crippen LogP contribution is -2.43. The first-order valence-electron chi connectivity index (χ1n) is 10.8. The standard InChI is InChI=1S/C22H32F3N3O3/c1-21(2,3)31-20(29)27-12-14-6-5-11-28(13-14)19-16(26)9-10-17(18(19)22(23,24)25)30-15-7-4-8-15/h9-10,14-15H,4-8,11-13,26H2,1-3H3,(H,27,29)/t14-/m0/s1. The normalized spacial score (nSPS) is 20.2. The van der Waals surface area contributed by atoms with Crippen LogP contribution >= 0.6 is 0 Å². The van der Waals surface area contributed by atoms with Gasteiger partial charge >= 0.3 is 12.3 Å². The fraction of sp³-hybridized carbons (Fsp3) is 0.682. The van der Waals surface area contributed by atoms with Crippen molar-refractivity contribution in [2.45, 2.75) is 70.8 Å². The van der Waals surface area contributed by atoms with E-state index < -0.39 is 23.4 Å². The van der Waals surface area contributed by atoms with E-state index in [4.69, 9.17) is 15.2 Å². The largest absolute Gasteiger partial charge is 0.490 e. The Hall–Kier alpha value is -2.32. The van der Waals surface area contributed by atoms with Crippen LogP contribution in [0.5, 0.6) is 5.75 Å². The van der Waals surface area contributed by atoms with Crippen molar-refractivity contribution in [3.8, 4) is 5.75 Å². The fourth-order valence-electron chi connectivity index (χ4n) is 3.95. The van der Waals surface area contributed by atoms with Gasteiger partial charge in [0, 0.05) is 19.6 Å². The summed E-state index contributed by atoms with van der Waals surface area (Å²) >= 11 is 0. The number of piperidine rings is 1. The quantitative estimate of drug-likeness (QED) is 0.629. The molecule has 6 nitrogen and oxygen atoms in total. The number of anilines is 2. The third-order valence-corrected chi connectivity index (χ3v) is 5.57. The summed E-state index contributed by atoms with van der Waals surface area (Å²) < 4.78 is 53.2. The van der Waals surface area contributed by atoms with E-state index in [1.54, 1.807) is 25.7 Å². The summed E-state index contributed by atoms with van der Waals surface area (Å²) in [6.45, 7) is 6.46. The number of nitrogens with two attached hydrogens (primary N) is 1. The molecule has 1 saturated heterocycles. The molecule has 1 aliphatic heterocycles. The van der Waals surface area contributed by atoms with Gasteiger partial charge in [-0.15, -0.1) is 0 Å². The van der Waals surface area contributed by atoms with Crippen molar-refractivity contribution >= 4 is 17.5 Å². The molecule has 3 N–H and O–H groups in total. The van der Waals surface area contributed by atoms with Gasteiger partial charge in [0.15, 0.2) is 0 Å². The van der Waals surface area contributed by atoms with Crippen LogP contribution in [0.1, 0.15) is 58.4 Å². The molecule has 2 aliphatic rings. The molecule has 0 radical (unpaired) electrons. The Bertz CT molecular complexity index is 789. The summed E-state index contributed by atoms with van der Waals surface area (Å²) in [5.74, 6) is -0.173. The zero-order valence-electron chi connectivity index (χ0n) is 18.3. The summed E-state index contributed by atoms with van der Waals surface area (Å²) in [4.78, 5) is 13.6. The minimum absolute atomic E-state index is 0.0158. The molecule has 1 saturated carbocycles. The van der Waals surface area contributed by atoms with Crippen molar-refractivity contribution in [3.63, 3.8) is 0 Å². The maximum absolute atomic E-state index is 14.1. The van der Waals surface area contributed by atoms with Gasteiger partial charge < -0.3 is 25.4 Å². The molecule has 1 aromatic rings. The number of rotatable bonds is 5. The fourth-order valence-corrected chi connectivity index (χ4v) is 3.95. The Kier molecular flexibility index (Phi) is 6.81. The average molecular weight is 444 g/mol. The van der Waals surface area contributed by atoms with Crippen LogP contribution in [-0.2, 0) is 10.9 Å². The van der Waals surface area contributed by atoms with Gasteiger partial charge in [0.1, 0.15) is 16.9 Å². The molecule has 2 fully saturated rings. The van der Waals surface area contributed by atoms with Crippen LogP contribution in [0, 0.1) is 5.92 Å². The molecule has 174 valence electrons. The molecular weight excluding hydrogens is 411 g/mol. The van der Waals surface area contributed by atoms with Crippen LogP contribution in [-0.4, -0.2) is 37.4 Å². The lowest BCUT2D eigenvalue weighted by molar-refractivity contribution is -0.139. The van der Waals surface area contributed by atoms with Gasteiger partial charge in [-0.05, 0) is 70.9 Å². The second-order valence-electron chi connectivity index (χ2n) is 9.38. The molecule has 0 aromatic heterocycles. The highest BCUT2D eigenvalue weighted by atomic mass is 19.4. The monoisotopic (exact) mass is 443 g/mol. The van der Waals surface area contributed by atoms with Crippen molar-refractivity contribution < 1.29 is 27.4 Å². The molecule has 1 aromatic carbocycles. The Morgan fingerprint density at radius 2 is 1.90 bits per heavy atom. The predicted octanol–water partition coefficient (Wildman–Crippen LogP) is 4.96. The lowest BCUT2D eigenvalue weighted by Gasteiger charge is -2.37. The van der Waals surface area contributed by atoms with Crippen LogP contribution in [0.15, 0.2) is 12.1 Å². The predicted molar refractivity (Wildman–Crippen MR) is 113 cm³/mol. The highest BCUT2D eigenvalue weighted by Crippen LogP contribution is 2.47. The Morgan fingerprint density at radius 1 is 1.19 bits per heavy atom. The van der Waals surface area contributed by atoms with Gasteiger partial charge in [-0.1, -0.05) is 0 Å². The zero-order valence-corrected chi connectivity index (χ0v) is 18.3. The van der Waals surface area contributed by atoms with Crippen LogP contribution in [0.25, 0.3) is 0 Å². The minimum Gasteiger partial charge on any atom is -0.490 e. The highest BCUT2D eigenvalue weighted by molar-refractivity contribution is 5.76. The number of nitrogen functional groups attached to an aromatic ring is 1. The van der Waals surface area contributed by atoms with Gasteiger partial charge in [0.05, 0.1) is 17.5 Å². The van der Waals surface area contributed by atoms with E-state index in [0.29, 0.717) is 26.1 Å². The number of amides is 1. The van der Waals surface area contributed by atoms with Gasteiger partial charge in [-0.25, -0.2) is 4.79 Å². The number of alkyl carbamates (subject to hydrolysis) is 1. The number of carbonyl (C=O) groups excluding carboxylic acids is 1. The lowest BCUT2D eigenvalue weighted by atomic mass is 9.95. The zero-order chi connectivity index (χ0) is 22.8. The van der Waals surface area contributed by atoms with E-state index in [-0.39, 0.29) is 29.1 Å². The topological polar surface area (TPSA) is 76.8 Å². The molecule has 31 heavy (non-hydrogen) atoms. The van der Waals surface area contributed by atoms with E-state index in [0.717, 1.165) is 25.7 Å². The smallest absolute Gasteiger partial charge is 0.422 e. The van der Waals surface area contributed by atoms with E-state index in [9.17, 15) is 18.0 Å². The molecule has 1 heterocycles. The van der Waals surface area contributed by atoms with E-state index in [2.05, 4.69) is 5.32 Å². The van der Waals surface area contributed by atoms with Crippen molar-refractivity contribution in [3.05, 3.63) is 17.7 Å². The number of benzene rings is 1. The third-order valence-electron chi connectivity index (χ3n) is 5.57. The Morgan fingerprint density at radius 3 is 2.48 bits per heavy atom. The molecule has 3 rings (SSSR count). The SMILES string of the molecule is CC(C)(C)OC(=O)NC[C@@H]1CCCN(c2c(N)ccc(OC3CCC3)c2C(F)(F)F)C1. The number of hydrogen-bond acceptors (Lipinski definition) is 5. The van der Waals surface area contributed by atoms with Gasteiger partial charge in [0.2, 0.25) is 0 Å². The third kappa shape index (κ3) is 6.11. The van der Waals surface area contributed by atoms with Crippen LogP contribution in [0.3, 0.4) is 0 Å². The number of nitrogens with zero attached hydrogens (tertiary/aromatic N) is 1. The number of hydrogen-bond donors (Lipinski definition) is 2. The molecule has 1 atom stereocenters. The van der Waals surface area contributed by atoms with Crippen molar-refractivity contribution in [2.24, 2.45) is 5.92 Å². The molecule has 0 spiro atoms. The van der Waals surface area contributed by atoms with Crippen LogP contribution in [0.2, 0.25) is 0 Å². The first-order chi connectivity index (χ1) is 14.4. The summed E-state index contributed by atoms with van der Waals surface area (Å²) in [5.41, 5.74) is 4.68. The Labute approximate surface area is 181 Å². The molecular formula is C22H32F3N3O3. The number of carbonyl (C=O) groups is 1. The summed E-state index contributed by atoms with van der Waals surface area (Å²) in [6.07, 6.45) is -1.31. The summed E-state index contributed by atoms with van der Waals surface area (Å²) in [7, 11) is 0. The summed E-state index contributed by atoms with van der Waals surface area (Å²) in [5, 5.41) is 2.73. The van der Waals surface area contributed by atoms with Crippen LogP contribution < -0.4 is 20.7 Å². The second-order valence-corrected chi connectivity index (χ2v) is 9.38. The maximum atomic E-state index is 14.1. The molecule has 1 amide bonds. The van der Waals surface area contributed by atoms with Crippen LogP contribution in [0.4, 0.5) is 29.3 Å². The van der Waals surface area contributed by atoms with Crippen molar-refractivity contribution in [1.82, 2.24) is 5.32 Å². The van der Waals surface area contributed by atoms with Gasteiger partial charge in [-0.2, -0.15) is 13.2 Å². The molecule has 0 bridgehead atoms. The van der Waals surface area contributed by atoms with E-state index in [1.165, 1.54) is 12.1 Å². The molecule has 9 heteroatoms. The number of alkyl halides is 3. The first kappa shape index (κ1) is 23.3. The van der Waals surface area contributed by atoms with E-state index >= 15 is 0 Å². The minimum atomic E-state index is -4.59. The first-order valence-corrected chi connectivity index (χ1v) is 10.8. The second kappa shape index (κ2) is 9.04.